The number of amides is 1. The predicted molar refractivity (Wildman–Crippen MR) is 101 cm³/mol. The van der Waals surface area contributed by atoms with Crippen molar-refractivity contribution >= 4 is 5.91 Å². The van der Waals surface area contributed by atoms with Crippen molar-refractivity contribution in [3.05, 3.63) is 72.3 Å². The second-order valence-corrected chi connectivity index (χ2v) is 7.48. The summed E-state index contributed by atoms with van der Waals surface area (Å²) in [6, 6.07) is 12.5. The molecule has 1 atom stereocenters. The Kier molecular flexibility index (Phi) is 5.49. The van der Waals surface area contributed by atoms with Crippen LogP contribution < -0.4 is 4.74 Å². The van der Waals surface area contributed by atoms with Gasteiger partial charge in [0.25, 0.3) is 0 Å². The predicted octanol–water partition coefficient (Wildman–Crippen LogP) is 5.46. The van der Waals surface area contributed by atoms with E-state index in [-0.39, 0.29) is 17.1 Å². The molecule has 3 rings (SSSR count). The number of hydrogen-bond acceptors (Lipinski definition) is 2. The molecule has 1 heterocycles. The normalized spacial score (nSPS) is 19.5. The van der Waals surface area contributed by atoms with E-state index in [2.05, 4.69) is 6.58 Å². The first kappa shape index (κ1) is 20.0. The van der Waals surface area contributed by atoms with Gasteiger partial charge in [0, 0.05) is 13.1 Å². The van der Waals surface area contributed by atoms with Gasteiger partial charge >= 0.3 is 6.18 Å². The summed E-state index contributed by atoms with van der Waals surface area (Å²) in [5.74, 6) is 0.472. The number of alkyl halides is 3. The molecule has 1 aliphatic rings. The Morgan fingerprint density at radius 1 is 1.21 bits per heavy atom. The molecule has 0 bridgehead atoms. The van der Waals surface area contributed by atoms with Crippen LogP contribution >= 0.6 is 0 Å². The van der Waals surface area contributed by atoms with Crippen LogP contribution in [0.25, 0.3) is 0 Å². The number of carbonyl (C=O) groups excluding carboxylic acids is 1. The molecule has 0 spiro atoms. The molecule has 1 amide bonds. The van der Waals surface area contributed by atoms with E-state index in [9.17, 15) is 18.0 Å². The van der Waals surface area contributed by atoms with Crippen molar-refractivity contribution in [2.75, 3.05) is 13.1 Å². The Hall–Kier alpha value is -2.76. The number of hydrogen-bond donors (Lipinski definition) is 0. The van der Waals surface area contributed by atoms with Crippen LogP contribution in [0, 0.1) is 5.41 Å². The number of carbonyl (C=O) groups is 1. The van der Waals surface area contributed by atoms with Crippen LogP contribution in [0.4, 0.5) is 13.2 Å². The summed E-state index contributed by atoms with van der Waals surface area (Å²) in [4.78, 5) is 13.5. The molecule has 1 fully saturated rings. The molecule has 1 unspecified atom stereocenters. The molecule has 6 heteroatoms. The smallest absolute Gasteiger partial charge is 0.416 e. The van der Waals surface area contributed by atoms with E-state index in [1.165, 1.54) is 12.1 Å². The highest BCUT2D eigenvalue weighted by Crippen LogP contribution is 2.38. The summed E-state index contributed by atoms with van der Waals surface area (Å²) in [5, 5.41) is 0. The highest BCUT2D eigenvalue weighted by Gasteiger charge is 2.37. The van der Waals surface area contributed by atoms with Gasteiger partial charge in [0.1, 0.15) is 11.5 Å². The molecule has 2 aromatic rings. The highest BCUT2D eigenvalue weighted by atomic mass is 19.4. The van der Waals surface area contributed by atoms with Gasteiger partial charge in [-0.1, -0.05) is 31.7 Å². The standard InChI is InChI=1S/C22H22F3NO2/c1-3-20(27)26-10-9-21(2,15-26)14-16-11-17(22(23,24)25)13-19(12-16)28-18-7-5-4-6-8-18/h3-8,11-13H,1,9-10,14-15H2,2H3. The zero-order valence-corrected chi connectivity index (χ0v) is 15.6. The van der Waals surface area contributed by atoms with E-state index in [1.54, 1.807) is 35.2 Å². The zero-order chi connectivity index (χ0) is 20.4. The van der Waals surface area contributed by atoms with Crippen LogP contribution in [0.1, 0.15) is 24.5 Å². The van der Waals surface area contributed by atoms with Gasteiger partial charge in [-0.15, -0.1) is 0 Å². The molecule has 0 aliphatic carbocycles. The molecule has 3 nitrogen and oxygen atoms in total. The minimum Gasteiger partial charge on any atom is -0.457 e. The summed E-state index contributed by atoms with van der Waals surface area (Å²) in [5.41, 5.74) is -0.500. The highest BCUT2D eigenvalue weighted by molar-refractivity contribution is 5.87. The van der Waals surface area contributed by atoms with Crippen LogP contribution in [-0.4, -0.2) is 23.9 Å². The third-order valence-electron chi connectivity index (χ3n) is 4.95. The van der Waals surface area contributed by atoms with Gasteiger partial charge in [-0.2, -0.15) is 13.2 Å². The Balaban J connectivity index is 1.86. The second kappa shape index (κ2) is 7.70. The monoisotopic (exact) mass is 389 g/mol. The minimum absolute atomic E-state index is 0.150. The molecule has 0 aromatic heterocycles. The number of rotatable bonds is 5. The number of likely N-dealkylation sites (tertiary alicyclic amines) is 1. The molecule has 0 radical (unpaired) electrons. The average molecular weight is 389 g/mol. The van der Waals surface area contributed by atoms with Gasteiger partial charge in [0.15, 0.2) is 0 Å². The van der Waals surface area contributed by atoms with Crippen LogP contribution in [-0.2, 0) is 17.4 Å². The number of halogens is 3. The van der Waals surface area contributed by atoms with E-state index in [4.69, 9.17) is 4.74 Å². The number of benzene rings is 2. The van der Waals surface area contributed by atoms with Crippen LogP contribution in [0.3, 0.4) is 0 Å². The van der Waals surface area contributed by atoms with Gasteiger partial charge < -0.3 is 9.64 Å². The Morgan fingerprint density at radius 2 is 1.93 bits per heavy atom. The molecular weight excluding hydrogens is 367 g/mol. The van der Waals surface area contributed by atoms with Gasteiger partial charge in [-0.3, -0.25) is 4.79 Å². The second-order valence-electron chi connectivity index (χ2n) is 7.48. The van der Waals surface area contributed by atoms with Crippen LogP contribution in [0.5, 0.6) is 11.5 Å². The number of para-hydroxylation sites is 1. The van der Waals surface area contributed by atoms with Gasteiger partial charge in [-0.25, -0.2) is 0 Å². The first-order valence-corrected chi connectivity index (χ1v) is 9.04. The largest absolute Gasteiger partial charge is 0.457 e. The van der Waals surface area contributed by atoms with Crippen LogP contribution in [0.15, 0.2) is 61.2 Å². The molecule has 148 valence electrons. The maximum Gasteiger partial charge on any atom is 0.416 e. The lowest BCUT2D eigenvalue weighted by molar-refractivity contribution is -0.137. The molecule has 2 aromatic carbocycles. The maximum atomic E-state index is 13.4. The Labute approximate surface area is 162 Å². The van der Waals surface area contributed by atoms with Crippen molar-refractivity contribution in [2.45, 2.75) is 25.9 Å². The fraction of sp³-hybridized carbons (Fsp3) is 0.318. The summed E-state index contributed by atoms with van der Waals surface area (Å²) in [7, 11) is 0. The fourth-order valence-corrected chi connectivity index (χ4v) is 3.59. The molecule has 1 aliphatic heterocycles. The molecule has 0 saturated carbocycles. The van der Waals surface area contributed by atoms with E-state index >= 15 is 0 Å². The molecule has 1 saturated heterocycles. The van der Waals surface area contributed by atoms with E-state index in [0.717, 1.165) is 12.5 Å². The van der Waals surface area contributed by atoms with Crippen molar-refractivity contribution in [1.82, 2.24) is 4.90 Å². The lowest BCUT2D eigenvalue weighted by Gasteiger charge is -2.25. The third-order valence-corrected chi connectivity index (χ3v) is 4.95. The minimum atomic E-state index is -4.47. The number of ether oxygens (including phenoxy) is 1. The summed E-state index contributed by atoms with van der Waals surface area (Å²) in [6.45, 7) is 6.55. The molecule has 0 N–H and O–H groups in total. The lowest BCUT2D eigenvalue weighted by Crippen LogP contribution is -2.30. The maximum absolute atomic E-state index is 13.4. The topological polar surface area (TPSA) is 29.5 Å². The lowest BCUT2D eigenvalue weighted by atomic mass is 9.82. The summed E-state index contributed by atoms with van der Waals surface area (Å²) >= 11 is 0. The van der Waals surface area contributed by atoms with Crippen molar-refractivity contribution in [2.24, 2.45) is 5.41 Å². The van der Waals surface area contributed by atoms with Crippen molar-refractivity contribution in [3.8, 4) is 11.5 Å². The van der Waals surface area contributed by atoms with Crippen molar-refractivity contribution < 1.29 is 22.7 Å². The third kappa shape index (κ3) is 4.74. The zero-order valence-electron chi connectivity index (χ0n) is 15.6. The first-order valence-electron chi connectivity index (χ1n) is 9.04. The van der Waals surface area contributed by atoms with Gasteiger partial charge in [-0.05, 0) is 60.2 Å². The quantitative estimate of drug-likeness (QED) is 0.635. The van der Waals surface area contributed by atoms with Crippen LogP contribution in [0.2, 0.25) is 0 Å². The fourth-order valence-electron chi connectivity index (χ4n) is 3.59. The van der Waals surface area contributed by atoms with Gasteiger partial charge in [0.2, 0.25) is 5.91 Å². The van der Waals surface area contributed by atoms with E-state index in [1.807, 2.05) is 13.0 Å². The van der Waals surface area contributed by atoms with E-state index < -0.39 is 11.7 Å². The average Bonchev–Trinajstić information content (AvgIpc) is 3.02. The molecular formula is C22H22F3NO2. The number of nitrogens with zero attached hydrogens (tertiary/aromatic N) is 1. The Bertz CT molecular complexity index is 864. The van der Waals surface area contributed by atoms with Crippen molar-refractivity contribution in [3.63, 3.8) is 0 Å². The SMILES string of the molecule is C=CC(=O)N1CCC(C)(Cc2cc(Oc3ccccc3)cc(C(F)(F)F)c2)C1. The summed E-state index contributed by atoms with van der Waals surface area (Å²) < 4.78 is 45.8. The summed E-state index contributed by atoms with van der Waals surface area (Å²) in [6.07, 6.45) is -2.06. The molecule has 28 heavy (non-hydrogen) atoms. The van der Waals surface area contributed by atoms with Crippen molar-refractivity contribution in [1.29, 1.82) is 0 Å². The van der Waals surface area contributed by atoms with E-state index in [0.29, 0.717) is 30.8 Å². The first-order chi connectivity index (χ1) is 13.2. The Morgan fingerprint density at radius 3 is 2.57 bits per heavy atom. The van der Waals surface area contributed by atoms with Gasteiger partial charge in [0.05, 0.1) is 5.56 Å².